The van der Waals surface area contributed by atoms with Crippen LogP contribution >= 0.6 is 0 Å². The van der Waals surface area contributed by atoms with E-state index < -0.39 is 0 Å². The number of benzene rings is 8. The van der Waals surface area contributed by atoms with Crippen molar-refractivity contribution in [1.29, 1.82) is 0 Å². The summed E-state index contributed by atoms with van der Waals surface area (Å²) >= 11 is 0. The van der Waals surface area contributed by atoms with Gasteiger partial charge in [-0.3, -0.25) is 0 Å². The summed E-state index contributed by atoms with van der Waals surface area (Å²) in [7, 11) is 0. The molecule has 0 aliphatic carbocycles. The van der Waals surface area contributed by atoms with E-state index in [9.17, 15) is 0 Å². The Balaban J connectivity index is 1.13. The van der Waals surface area contributed by atoms with Crippen molar-refractivity contribution in [2.45, 2.75) is 0 Å². The second kappa shape index (κ2) is 12.1. The molecule has 0 unspecified atom stereocenters. The van der Waals surface area contributed by atoms with Crippen LogP contribution in [0.1, 0.15) is 0 Å². The van der Waals surface area contributed by atoms with Gasteiger partial charge in [-0.05, 0) is 65.4 Å². The zero-order chi connectivity index (χ0) is 35.6. The quantitative estimate of drug-likeness (QED) is 0.180. The summed E-state index contributed by atoms with van der Waals surface area (Å²) in [5, 5.41) is 7.31. The Morgan fingerprint density at radius 3 is 1.70 bits per heavy atom. The first-order chi connectivity index (χ1) is 26.8. The topological polar surface area (TPSA) is 35.6 Å². The van der Waals surface area contributed by atoms with Gasteiger partial charge in [0, 0.05) is 49.6 Å². The van der Waals surface area contributed by atoms with Crippen LogP contribution in [0.5, 0.6) is 0 Å². The number of hydrogen-bond acceptors (Lipinski definition) is 2. The number of aromatic nitrogens is 4. The van der Waals surface area contributed by atoms with Gasteiger partial charge in [0.1, 0.15) is 0 Å². The van der Waals surface area contributed by atoms with E-state index in [2.05, 4.69) is 179 Å². The molecule has 54 heavy (non-hydrogen) atoms. The first-order valence-corrected chi connectivity index (χ1v) is 18.3. The predicted octanol–water partition coefficient (Wildman–Crippen LogP) is 12.8. The number of hydrogen-bond donors (Lipinski definition) is 0. The molecule has 4 nitrogen and oxygen atoms in total. The molecule has 0 saturated heterocycles. The lowest BCUT2D eigenvalue weighted by Crippen LogP contribution is -1.96. The highest BCUT2D eigenvalue weighted by molar-refractivity contribution is 6.26. The molecule has 0 fully saturated rings. The Morgan fingerprint density at radius 1 is 0.333 bits per heavy atom. The lowest BCUT2D eigenvalue weighted by molar-refractivity contribution is 1.18. The van der Waals surface area contributed by atoms with Crippen molar-refractivity contribution in [1.82, 2.24) is 19.1 Å². The normalized spacial score (nSPS) is 11.7. The van der Waals surface area contributed by atoms with Gasteiger partial charge >= 0.3 is 0 Å². The van der Waals surface area contributed by atoms with Crippen LogP contribution in [0.25, 0.3) is 99.7 Å². The van der Waals surface area contributed by atoms with E-state index in [0.29, 0.717) is 5.82 Å². The molecule has 8 aromatic carbocycles. The predicted molar refractivity (Wildman–Crippen MR) is 225 cm³/mol. The van der Waals surface area contributed by atoms with Crippen LogP contribution in [-0.4, -0.2) is 19.1 Å². The standard InChI is InChI=1S/C50H32N4/c1-4-14-34(15-5-1)43-32-44(52-50(51-43)35-16-6-2-7-17-35)36-25-24-33-26-27-39(31-37(33)30-36)53-46-23-13-11-21-42(46)48-47(53)29-28-41-40-20-10-12-22-45(40)54(49(41)48)38-18-8-3-9-19-38/h1-32H. The van der Waals surface area contributed by atoms with Gasteiger partial charge in [0.15, 0.2) is 5.82 Å². The molecule has 0 amide bonds. The van der Waals surface area contributed by atoms with Crippen molar-refractivity contribution < 1.29 is 0 Å². The van der Waals surface area contributed by atoms with Gasteiger partial charge in [-0.1, -0.05) is 140 Å². The fraction of sp³-hybridized carbons (Fsp3) is 0. The fourth-order valence-corrected chi connectivity index (χ4v) is 8.23. The molecule has 0 radical (unpaired) electrons. The zero-order valence-electron chi connectivity index (χ0n) is 29.3. The van der Waals surface area contributed by atoms with Gasteiger partial charge in [0.25, 0.3) is 0 Å². The molecule has 252 valence electrons. The van der Waals surface area contributed by atoms with E-state index in [1.54, 1.807) is 0 Å². The van der Waals surface area contributed by atoms with Crippen molar-refractivity contribution in [2.24, 2.45) is 0 Å². The summed E-state index contributed by atoms with van der Waals surface area (Å²) in [6, 6.07) is 69.0. The monoisotopic (exact) mass is 688 g/mol. The first kappa shape index (κ1) is 30.3. The zero-order valence-corrected chi connectivity index (χ0v) is 29.3. The van der Waals surface area contributed by atoms with Gasteiger partial charge in [-0.25, -0.2) is 9.97 Å². The molecule has 0 aliphatic heterocycles. The minimum atomic E-state index is 0.713. The van der Waals surface area contributed by atoms with Crippen LogP contribution in [0.2, 0.25) is 0 Å². The number of fused-ring (bicyclic) bond motifs is 8. The molecular weight excluding hydrogens is 657 g/mol. The molecular formula is C50H32N4. The largest absolute Gasteiger partial charge is 0.309 e. The Labute approximate surface area is 311 Å². The van der Waals surface area contributed by atoms with Crippen LogP contribution in [0, 0.1) is 0 Å². The molecule has 4 heteroatoms. The van der Waals surface area contributed by atoms with Crippen LogP contribution in [0.3, 0.4) is 0 Å². The highest BCUT2D eigenvalue weighted by Crippen LogP contribution is 2.42. The lowest BCUT2D eigenvalue weighted by atomic mass is 10.0. The van der Waals surface area contributed by atoms with Gasteiger partial charge in [0.2, 0.25) is 0 Å². The van der Waals surface area contributed by atoms with E-state index in [1.165, 1.54) is 49.0 Å². The molecule has 3 heterocycles. The molecule has 0 N–H and O–H groups in total. The second-order valence-corrected chi connectivity index (χ2v) is 13.8. The summed E-state index contributed by atoms with van der Waals surface area (Å²) in [5.41, 5.74) is 12.0. The summed E-state index contributed by atoms with van der Waals surface area (Å²) in [6.07, 6.45) is 0. The van der Waals surface area contributed by atoms with Crippen molar-refractivity contribution in [3.63, 3.8) is 0 Å². The molecule has 11 rings (SSSR count). The summed E-state index contributed by atoms with van der Waals surface area (Å²) in [4.78, 5) is 10.1. The van der Waals surface area contributed by atoms with Crippen LogP contribution < -0.4 is 0 Å². The van der Waals surface area contributed by atoms with E-state index in [-0.39, 0.29) is 0 Å². The maximum Gasteiger partial charge on any atom is 0.160 e. The Kier molecular flexibility index (Phi) is 6.82. The SMILES string of the molecule is c1ccc(-c2cc(-c3ccc4ccc(-n5c6ccccc6c6c5ccc5c7ccccc7n(-c7ccccc7)c56)cc4c3)nc(-c3ccccc3)n2)cc1. The number of nitrogens with zero attached hydrogens (tertiary/aromatic N) is 4. The molecule has 0 spiro atoms. The third-order valence-corrected chi connectivity index (χ3v) is 10.7. The maximum atomic E-state index is 5.12. The maximum absolute atomic E-state index is 5.12. The van der Waals surface area contributed by atoms with Crippen molar-refractivity contribution in [2.75, 3.05) is 0 Å². The number of para-hydroxylation sites is 3. The van der Waals surface area contributed by atoms with Gasteiger partial charge in [0.05, 0.1) is 33.5 Å². The first-order valence-electron chi connectivity index (χ1n) is 18.3. The third-order valence-electron chi connectivity index (χ3n) is 10.7. The van der Waals surface area contributed by atoms with Crippen LogP contribution in [-0.2, 0) is 0 Å². The smallest absolute Gasteiger partial charge is 0.160 e. The Morgan fingerprint density at radius 2 is 0.944 bits per heavy atom. The van der Waals surface area contributed by atoms with Crippen LogP contribution in [0.15, 0.2) is 194 Å². The molecule has 0 bridgehead atoms. The Hall–Kier alpha value is -7.30. The highest BCUT2D eigenvalue weighted by Gasteiger charge is 2.21. The van der Waals surface area contributed by atoms with E-state index >= 15 is 0 Å². The molecule has 0 saturated carbocycles. The average molecular weight is 689 g/mol. The van der Waals surface area contributed by atoms with Crippen LogP contribution in [0.4, 0.5) is 0 Å². The minimum absolute atomic E-state index is 0.713. The summed E-state index contributed by atoms with van der Waals surface area (Å²) < 4.78 is 4.86. The molecule has 0 aliphatic rings. The van der Waals surface area contributed by atoms with Gasteiger partial charge in [-0.15, -0.1) is 0 Å². The minimum Gasteiger partial charge on any atom is -0.309 e. The molecule has 11 aromatic rings. The summed E-state index contributed by atoms with van der Waals surface area (Å²) in [5.74, 6) is 0.713. The lowest BCUT2D eigenvalue weighted by Gasteiger charge is -2.12. The fourth-order valence-electron chi connectivity index (χ4n) is 8.23. The Bertz CT molecular complexity index is 3140. The number of rotatable bonds is 5. The van der Waals surface area contributed by atoms with Gasteiger partial charge in [-0.2, -0.15) is 0 Å². The van der Waals surface area contributed by atoms with E-state index in [4.69, 9.17) is 9.97 Å². The molecule has 0 atom stereocenters. The second-order valence-electron chi connectivity index (χ2n) is 13.8. The summed E-state index contributed by atoms with van der Waals surface area (Å²) in [6.45, 7) is 0. The highest BCUT2D eigenvalue weighted by atomic mass is 15.0. The average Bonchev–Trinajstić information content (AvgIpc) is 3.77. The van der Waals surface area contributed by atoms with Gasteiger partial charge < -0.3 is 9.13 Å². The van der Waals surface area contributed by atoms with E-state index in [0.717, 1.165) is 44.8 Å². The van der Waals surface area contributed by atoms with Crippen molar-refractivity contribution in [3.05, 3.63) is 194 Å². The van der Waals surface area contributed by atoms with E-state index in [1.807, 2.05) is 24.3 Å². The van der Waals surface area contributed by atoms with Crippen molar-refractivity contribution in [3.8, 4) is 45.3 Å². The van der Waals surface area contributed by atoms with Crippen molar-refractivity contribution >= 4 is 54.4 Å². The third kappa shape index (κ3) is 4.78. The molecule has 3 aromatic heterocycles.